The van der Waals surface area contributed by atoms with Gasteiger partial charge in [0.1, 0.15) is 5.57 Å². The van der Waals surface area contributed by atoms with Crippen LogP contribution in [0.4, 0.5) is 16.2 Å². The van der Waals surface area contributed by atoms with E-state index in [1.54, 1.807) is 38.1 Å². The highest BCUT2D eigenvalue weighted by molar-refractivity contribution is 14.1. The number of halogens is 2. The monoisotopic (exact) mass is 687 g/mol. The molecule has 1 aliphatic rings. The molecule has 1 saturated heterocycles. The van der Waals surface area contributed by atoms with Gasteiger partial charge in [0.2, 0.25) is 0 Å². The van der Waals surface area contributed by atoms with Gasteiger partial charge in [0.15, 0.2) is 18.1 Å². The second-order valence-electron chi connectivity index (χ2n) is 9.31. The van der Waals surface area contributed by atoms with E-state index >= 15 is 0 Å². The number of carbonyl (C=O) groups excluding carboxylic acids is 4. The van der Waals surface area contributed by atoms with E-state index in [2.05, 4.69) is 10.6 Å². The quantitative estimate of drug-likeness (QED) is 0.172. The molecule has 0 radical (unpaired) electrons. The van der Waals surface area contributed by atoms with Crippen molar-refractivity contribution >= 4 is 75.4 Å². The maximum Gasteiger partial charge on any atom is 0.335 e. The largest absolute Gasteiger partial charge is 0.490 e. The maximum atomic E-state index is 13.4. The third kappa shape index (κ3) is 6.88. The van der Waals surface area contributed by atoms with Crippen LogP contribution in [0.3, 0.4) is 0 Å². The van der Waals surface area contributed by atoms with Gasteiger partial charge in [0.25, 0.3) is 17.7 Å². The Kier molecular flexibility index (Phi) is 9.34. The number of nitrogens with one attached hydrogen (secondary N) is 2. The minimum absolute atomic E-state index is 0.247. The lowest BCUT2D eigenvalue weighted by Crippen LogP contribution is -2.54. The number of hydrogen-bond donors (Lipinski definition) is 2. The summed E-state index contributed by atoms with van der Waals surface area (Å²) >= 11 is 8.13. The van der Waals surface area contributed by atoms with Gasteiger partial charge in [-0.25, -0.2) is 9.69 Å². The van der Waals surface area contributed by atoms with Crippen LogP contribution in [0.2, 0.25) is 5.02 Å². The highest BCUT2D eigenvalue weighted by atomic mass is 127. The van der Waals surface area contributed by atoms with E-state index in [0.29, 0.717) is 43.5 Å². The fourth-order valence-electron chi connectivity index (χ4n) is 4.22. The van der Waals surface area contributed by atoms with E-state index in [1.807, 2.05) is 54.6 Å². The van der Waals surface area contributed by atoms with Crippen molar-refractivity contribution in [3.05, 3.63) is 85.0 Å². The summed E-state index contributed by atoms with van der Waals surface area (Å²) in [5.41, 5.74) is 3.83. The molecule has 1 heterocycles. The molecule has 0 spiro atoms. The number of carbonyl (C=O) groups is 4. The van der Waals surface area contributed by atoms with Crippen LogP contribution in [0, 0.1) is 24.3 Å². The average Bonchev–Trinajstić information content (AvgIpc) is 2.90. The molecule has 1 fully saturated rings. The Morgan fingerprint density at radius 3 is 2.49 bits per heavy atom. The number of nitrogens with zero attached hydrogens (tertiary/aromatic N) is 1. The number of benzene rings is 3. The highest BCUT2D eigenvalue weighted by Gasteiger charge is 2.37. The van der Waals surface area contributed by atoms with Gasteiger partial charge in [0.05, 0.1) is 15.9 Å². The Hall–Kier alpha value is -3.90. The normalized spacial score (nSPS) is 14.2. The van der Waals surface area contributed by atoms with Crippen molar-refractivity contribution in [3.63, 3.8) is 0 Å². The zero-order chi connectivity index (χ0) is 29.8. The molecular weight excluding hydrogens is 661 g/mol. The topological polar surface area (TPSA) is 114 Å². The molecule has 1 aliphatic heterocycles. The van der Waals surface area contributed by atoms with E-state index in [-0.39, 0.29) is 23.8 Å². The van der Waals surface area contributed by atoms with Gasteiger partial charge in [-0.1, -0.05) is 35.4 Å². The molecule has 9 nitrogen and oxygen atoms in total. The second-order valence-corrected chi connectivity index (χ2v) is 10.9. The minimum Gasteiger partial charge on any atom is -0.490 e. The lowest BCUT2D eigenvalue weighted by Gasteiger charge is -2.27. The summed E-state index contributed by atoms with van der Waals surface area (Å²) in [6, 6.07) is 12.9. The Morgan fingerprint density at radius 2 is 1.78 bits per heavy atom. The summed E-state index contributed by atoms with van der Waals surface area (Å²) in [4.78, 5) is 52.2. The summed E-state index contributed by atoms with van der Waals surface area (Å²) < 4.78 is 12.2. The third-order valence-electron chi connectivity index (χ3n) is 6.16. The lowest BCUT2D eigenvalue weighted by atomic mass is 10.1. The van der Waals surface area contributed by atoms with Crippen LogP contribution in [-0.4, -0.2) is 37.0 Å². The first-order valence-corrected chi connectivity index (χ1v) is 14.1. The first-order chi connectivity index (χ1) is 19.5. The average molecular weight is 688 g/mol. The van der Waals surface area contributed by atoms with E-state index in [0.717, 1.165) is 16.0 Å². The Morgan fingerprint density at radius 1 is 1.02 bits per heavy atom. The molecule has 2 N–H and O–H groups in total. The van der Waals surface area contributed by atoms with Gasteiger partial charge in [-0.3, -0.25) is 19.7 Å². The maximum absolute atomic E-state index is 13.4. The predicted molar refractivity (Wildman–Crippen MR) is 166 cm³/mol. The van der Waals surface area contributed by atoms with Gasteiger partial charge >= 0.3 is 6.03 Å². The number of urea groups is 1. The number of imide groups is 2. The van der Waals surface area contributed by atoms with Crippen LogP contribution >= 0.6 is 34.2 Å². The molecule has 3 aromatic carbocycles. The number of rotatable bonds is 8. The number of barbiturate groups is 1. The zero-order valence-electron chi connectivity index (χ0n) is 22.8. The first-order valence-electron chi connectivity index (χ1n) is 12.6. The molecule has 0 bridgehead atoms. The second kappa shape index (κ2) is 12.7. The Balaban J connectivity index is 1.60. The van der Waals surface area contributed by atoms with Gasteiger partial charge in [0, 0.05) is 10.7 Å². The van der Waals surface area contributed by atoms with Crippen molar-refractivity contribution in [2.75, 3.05) is 23.4 Å². The third-order valence-corrected chi connectivity index (χ3v) is 7.20. The van der Waals surface area contributed by atoms with Crippen molar-refractivity contribution in [2.45, 2.75) is 27.7 Å². The SMILES string of the molecule is CCOc1cc(/C=C2\C(=O)NC(=O)N(c3cc(Cl)ccc3C)C2=O)cc(I)c1OCC(=O)Nc1ccc(C)cc1C. The molecule has 0 aromatic heterocycles. The fraction of sp³-hybridized carbons (Fsp3) is 0.200. The summed E-state index contributed by atoms with van der Waals surface area (Å²) in [6.07, 6.45) is 1.37. The number of anilines is 2. The van der Waals surface area contributed by atoms with Crippen LogP contribution in [0.1, 0.15) is 29.2 Å². The molecule has 5 amide bonds. The van der Waals surface area contributed by atoms with Crippen molar-refractivity contribution in [1.82, 2.24) is 5.32 Å². The lowest BCUT2D eigenvalue weighted by molar-refractivity contribution is -0.122. The standard InChI is InChI=1S/C30H27ClIN3O6/c1-5-40-25-13-19(12-22(32)27(25)41-15-26(36)33-23-9-6-16(2)10-18(23)4)11-21-28(37)34-30(39)35(29(21)38)24-14-20(31)8-7-17(24)3/h6-14H,5,15H2,1-4H3,(H,33,36)(H,34,37,39)/b21-11+. The van der Waals surface area contributed by atoms with Gasteiger partial charge < -0.3 is 14.8 Å². The molecule has 0 unspecified atom stereocenters. The Labute approximate surface area is 256 Å². The molecule has 11 heteroatoms. The molecule has 41 heavy (non-hydrogen) atoms. The summed E-state index contributed by atoms with van der Waals surface area (Å²) in [5.74, 6) is -1.29. The molecule has 4 rings (SSSR count). The van der Waals surface area contributed by atoms with Crippen LogP contribution in [0.15, 0.2) is 54.1 Å². The van der Waals surface area contributed by atoms with Crippen LogP contribution in [0.5, 0.6) is 11.5 Å². The van der Waals surface area contributed by atoms with E-state index < -0.39 is 17.8 Å². The van der Waals surface area contributed by atoms with Crippen molar-refractivity contribution in [2.24, 2.45) is 0 Å². The number of hydrogen-bond acceptors (Lipinski definition) is 6. The van der Waals surface area contributed by atoms with Crippen molar-refractivity contribution in [3.8, 4) is 11.5 Å². The van der Waals surface area contributed by atoms with E-state index in [1.165, 1.54) is 12.1 Å². The number of ether oxygens (including phenoxy) is 2. The molecule has 0 aliphatic carbocycles. The minimum atomic E-state index is -0.866. The summed E-state index contributed by atoms with van der Waals surface area (Å²) in [7, 11) is 0. The molecule has 212 valence electrons. The summed E-state index contributed by atoms with van der Waals surface area (Å²) in [6.45, 7) is 7.45. The van der Waals surface area contributed by atoms with Gasteiger partial charge in [-0.15, -0.1) is 0 Å². The predicted octanol–water partition coefficient (Wildman–Crippen LogP) is 5.95. The first kappa shape index (κ1) is 30.1. The van der Waals surface area contributed by atoms with E-state index in [4.69, 9.17) is 21.1 Å². The van der Waals surface area contributed by atoms with Crippen molar-refractivity contribution in [1.29, 1.82) is 0 Å². The fourth-order valence-corrected chi connectivity index (χ4v) is 5.17. The van der Waals surface area contributed by atoms with Gasteiger partial charge in [-0.2, -0.15) is 0 Å². The number of aryl methyl sites for hydroxylation is 3. The van der Waals surface area contributed by atoms with Gasteiger partial charge in [-0.05, 0) is 103 Å². The zero-order valence-corrected chi connectivity index (χ0v) is 25.7. The number of amides is 5. The van der Waals surface area contributed by atoms with Crippen LogP contribution in [0.25, 0.3) is 6.08 Å². The van der Waals surface area contributed by atoms with Crippen LogP contribution < -0.4 is 25.0 Å². The summed E-state index contributed by atoms with van der Waals surface area (Å²) in [5, 5.41) is 5.39. The molecule has 0 saturated carbocycles. The molecular formula is C30H27ClIN3O6. The van der Waals surface area contributed by atoms with Crippen LogP contribution in [-0.2, 0) is 14.4 Å². The van der Waals surface area contributed by atoms with Crippen molar-refractivity contribution < 1.29 is 28.7 Å². The molecule has 3 aromatic rings. The van der Waals surface area contributed by atoms with E-state index in [9.17, 15) is 19.2 Å². The smallest absolute Gasteiger partial charge is 0.335 e. The highest BCUT2D eigenvalue weighted by Crippen LogP contribution is 2.36. The Bertz CT molecular complexity index is 1600. The molecule has 0 atom stereocenters.